The Bertz CT molecular complexity index is 99.9. The molecule has 1 saturated heterocycles. The largest absolute Gasteiger partial charge is 0.287 e. The molecule has 3 N–H and O–H groups in total. The molecular formula is C7H18N3P. The van der Waals surface area contributed by atoms with Crippen LogP contribution in [0.1, 0.15) is 25.7 Å². The Balaban J connectivity index is 2.22. The lowest BCUT2D eigenvalue weighted by molar-refractivity contribution is 0.344. The van der Waals surface area contributed by atoms with E-state index in [2.05, 4.69) is 19.5 Å². The van der Waals surface area contributed by atoms with Gasteiger partial charge >= 0.3 is 0 Å². The van der Waals surface area contributed by atoms with Crippen molar-refractivity contribution in [2.24, 2.45) is 5.84 Å². The molecule has 1 unspecified atom stereocenters. The van der Waals surface area contributed by atoms with Crippen molar-refractivity contribution < 1.29 is 0 Å². The van der Waals surface area contributed by atoms with E-state index >= 15 is 0 Å². The quantitative estimate of drug-likeness (QED) is 0.346. The minimum Gasteiger partial charge on any atom is -0.287 e. The van der Waals surface area contributed by atoms with Gasteiger partial charge in [-0.3, -0.25) is 15.9 Å². The van der Waals surface area contributed by atoms with Crippen molar-refractivity contribution in [2.45, 2.75) is 31.7 Å². The molecule has 1 rings (SSSR count). The minimum absolute atomic E-state index is 0.550. The van der Waals surface area contributed by atoms with Crippen LogP contribution in [-0.2, 0) is 0 Å². The molecule has 0 aromatic carbocycles. The zero-order valence-corrected chi connectivity index (χ0v) is 8.08. The smallest absolute Gasteiger partial charge is 0.0211 e. The van der Waals surface area contributed by atoms with Crippen LogP contribution in [0.25, 0.3) is 0 Å². The summed E-state index contributed by atoms with van der Waals surface area (Å²) in [4.78, 5) is 0. The Labute approximate surface area is 70.9 Å². The topological polar surface area (TPSA) is 41.3 Å². The molecule has 1 fully saturated rings. The Morgan fingerprint density at radius 1 is 1.27 bits per heavy atom. The SMILES string of the molecule is NNC1CCCN(P)CCC1. The monoisotopic (exact) mass is 175 g/mol. The highest BCUT2D eigenvalue weighted by molar-refractivity contribution is 7.13. The van der Waals surface area contributed by atoms with Crippen molar-refractivity contribution in [1.29, 1.82) is 0 Å². The van der Waals surface area contributed by atoms with Gasteiger partial charge in [0.05, 0.1) is 0 Å². The highest BCUT2D eigenvalue weighted by Crippen LogP contribution is 2.13. The molecule has 0 spiro atoms. The normalized spacial score (nSPS) is 24.5. The molecule has 1 atom stereocenters. The third-order valence-electron chi connectivity index (χ3n) is 2.23. The minimum atomic E-state index is 0.550. The summed E-state index contributed by atoms with van der Waals surface area (Å²) in [7, 11) is 2.77. The lowest BCUT2D eigenvalue weighted by atomic mass is 10.0. The molecule has 0 saturated carbocycles. The lowest BCUT2D eigenvalue weighted by Gasteiger charge is -2.23. The number of hydrogen-bond donors (Lipinski definition) is 2. The van der Waals surface area contributed by atoms with Crippen LogP contribution in [0.2, 0.25) is 0 Å². The van der Waals surface area contributed by atoms with Gasteiger partial charge in [-0.25, -0.2) is 0 Å². The van der Waals surface area contributed by atoms with Crippen molar-refractivity contribution in [2.75, 3.05) is 13.1 Å². The molecular weight excluding hydrogens is 157 g/mol. The van der Waals surface area contributed by atoms with Gasteiger partial charge in [-0.1, -0.05) is 9.39 Å². The predicted octanol–water partition coefficient (Wildman–Crippen LogP) is 0.484. The number of rotatable bonds is 1. The fourth-order valence-corrected chi connectivity index (χ4v) is 1.87. The molecule has 3 nitrogen and oxygen atoms in total. The van der Waals surface area contributed by atoms with Gasteiger partial charge in [0, 0.05) is 19.1 Å². The van der Waals surface area contributed by atoms with Crippen molar-refractivity contribution in [3.05, 3.63) is 0 Å². The highest BCUT2D eigenvalue weighted by atomic mass is 31.0. The van der Waals surface area contributed by atoms with Gasteiger partial charge in [-0.05, 0) is 25.7 Å². The molecule has 1 aliphatic rings. The van der Waals surface area contributed by atoms with Crippen molar-refractivity contribution in [3.8, 4) is 0 Å². The summed E-state index contributed by atoms with van der Waals surface area (Å²) in [6.45, 7) is 2.37. The van der Waals surface area contributed by atoms with Gasteiger partial charge in [0.2, 0.25) is 0 Å². The highest BCUT2D eigenvalue weighted by Gasteiger charge is 2.10. The van der Waals surface area contributed by atoms with Gasteiger partial charge < -0.3 is 0 Å². The Morgan fingerprint density at radius 2 is 1.82 bits per heavy atom. The average molecular weight is 175 g/mol. The molecule has 0 bridgehead atoms. The average Bonchev–Trinajstić information content (AvgIpc) is 1.96. The molecule has 0 aromatic rings. The Hall–Kier alpha value is 0.310. The van der Waals surface area contributed by atoms with E-state index in [0.29, 0.717) is 6.04 Å². The van der Waals surface area contributed by atoms with Gasteiger partial charge in [0.1, 0.15) is 0 Å². The molecule has 0 aliphatic carbocycles. The molecule has 4 heteroatoms. The molecule has 66 valence electrons. The first kappa shape index (κ1) is 9.40. The van der Waals surface area contributed by atoms with E-state index in [1.807, 2.05) is 0 Å². The maximum atomic E-state index is 5.39. The van der Waals surface area contributed by atoms with E-state index in [0.717, 1.165) is 0 Å². The molecule has 0 aromatic heterocycles. The van der Waals surface area contributed by atoms with E-state index in [1.54, 1.807) is 0 Å². The standard InChI is InChI=1S/C7H18N3P/c8-9-7-3-1-5-10(11)6-2-4-7/h7,9H,1-6,8,11H2. The van der Waals surface area contributed by atoms with Gasteiger partial charge in [-0.2, -0.15) is 0 Å². The Kier molecular flexibility index (Phi) is 4.31. The van der Waals surface area contributed by atoms with E-state index in [4.69, 9.17) is 5.84 Å². The van der Waals surface area contributed by atoms with E-state index < -0.39 is 0 Å². The second-order valence-electron chi connectivity index (χ2n) is 3.18. The zero-order chi connectivity index (χ0) is 8.10. The summed E-state index contributed by atoms with van der Waals surface area (Å²) in [6, 6.07) is 0.550. The molecule has 0 radical (unpaired) electrons. The zero-order valence-electron chi connectivity index (χ0n) is 6.92. The molecule has 11 heavy (non-hydrogen) atoms. The van der Waals surface area contributed by atoms with Crippen molar-refractivity contribution >= 4 is 9.39 Å². The summed E-state index contributed by atoms with van der Waals surface area (Å²) in [5.74, 6) is 5.39. The second kappa shape index (κ2) is 5.04. The van der Waals surface area contributed by atoms with Gasteiger partial charge in [0.25, 0.3) is 0 Å². The maximum absolute atomic E-state index is 5.39. The lowest BCUT2D eigenvalue weighted by Crippen LogP contribution is -2.37. The van der Waals surface area contributed by atoms with Gasteiger partial charge in [-0.15, -0.1) is 0 Å². The van der Waals surface area contributed by atoms with E-state index in [9.17, 15) is 0 Å². The fourth-order valence-electron chi connectivity index (χ4n) is 1.50. The van der Waals surface area contributed by atoms with Crippen LogP contribution in [0.15, 0.2) is 0 Å². The van der Waals surface area contributed by atoms with Crippen LogP contribution in [0.3, 0.4) is 0 Å². The van der Waals surface area contributed by atoms with E-state index in [-0.39, 0.29) is 0 Å². The van der Waals surface area contributed by atoms with Crippen LogP contribution in [-0.4, -0.2) is 23.8 Å². The number of nitrogens with one attached hydrogen (secondary N) is 1. The molecule has 0 amide bonds. The van der Waals surface area contributed by atoms with Crippen LogP contribution in [0.5, 0.6) is 0 Å². The van der Waals surface area contributed by atoms with Crippen LogP contribution >= 0.6 is 9.39 Å². The third-order valence-corrected chi connectivity index (χ3v) is 2.75. The number of nitrogens with zero attached hydrogens (tertiary/aromatic N) is 1. The van der Waals surface area contributed by atoms with Crippen LogP contribution < -0.4 is 11.3 Å². The summed E-state index contributed by atoms with van der Waals surface area (Å²) in [6.07, 6.45) is 4.92. The van der Waals surface area contributed by atoms with E-state index in [1.165, 1.54) is 38.8 Å². The summed E-state index contributed by atoms with van der Waals surface area (Å²) in [5, 5.41) is 0. The van der Waals surface area contributed by atoms with Crippen molar-refractivity contribution in [1.82, 2.24) is 10.1 Å². The summed E-state index contributed by atoms with van der Waals surface area (Å²) < 4.78 is 2.31. The predicted molar refractivity (Wildman–Crippen MR) is 50.9 cm³/mol. The first-order valence-electron chi connectivity index (χ1n) is 4.28. The maximum Gasteiger partial charge on any atom is 0.0211 e. The third kappa shape index (κ3) is 3.48. The van der Waals surface area contributed by atoms with Gasteiger partial charge in [0.15, 0.2) is 0 Å². The van der Waals surface area contributed by atoms with Crippen LogP contribution in [0.4, 0.5) is 0 Å². The van der Waals surface area contributed by atoms with Crippen LogP contribution in [0, 0.1) is 0 Å². The first-order valence-corrected chi connectivity index (χ1v) is 4.80. The fraction of sp³-hybridized carbons (Fsp3) is 1.00. The number of nitrogens with two attached hydrogens (primary N) is 1. The number of hydrogen-bond acceptors (Lipinski definition) is 3. The second-order valence-corrected chi connectivity index (χ2v) is 3.91. The van der Waals surface area contributed by atoms with Crippen molar-refractivity contribution in [3.63, 3.8) is 0 Å². The Morgan fingerprint density at radius 3 is 2.27 bits per heavy atom. The molecule has 1 aliphatic heterocycles. The summed E-state index contributed by atoms with van der Waals surface area (Å²) in [5.41, 5.74) is 2.86. The summed E-state index contributed by atoms with van der Waals surface area (Å²) >= 11 is 0. The number of hydrazine groups is 1. The molecule has 1 heterocycles. The first-order chi connectivity index (χ1) is 5.33.